The van der Waals surface area contributed by atoms with Gasteiger partial charge in [-0.2, -0.15) is 13.2 Å². The van der Waals surface area contributed by atoms with E-state index in [-0.39, 0.29) is 24.5 Å². The molecule has 176 valence electrons. The Hall–Kier alpha value is -3.81. The summed E-state index contributed by atoms with van der Waals surface area (Å²) in [5.41, 5.74) is 3.55. The van der Waals surface area contributed by atoms with Gasteiger partial charge in [0.2, 0.25) is 0 Å². The number of rotatable bonds is 7. The molecule has 8 heteroatoms. The molecule has 5 nitrogen and oxygen atoms in total. The van der Waals surface area contributed by atoms with Crippen LogP contribution in [0.1, 0.15) is 34.6 Å². The van der Waals surface area contributed by atoms with E-state index < -0.39 is 36.3 Å². The number of carbonyl (C=O) groups is 2. The molecule has 0 heterocycles. The summed E-state index contributed by atoms with van der Waals surface area (Å²) in [6.07, 6.45) is -6.07. The van der Waals surface area contributed by atoms with Crippen molar-refractivity contribution < 1.29 is 32.6 Å². The normalized spacial score (nSPS) is 13.6. The molecule has 3 aromatic rings. The smallest absolute Gasteiger partial charge is 0.416 e. The van der Waals surface area contributed by atoms with Crippen LogP contribution in [0.25, 0.3) is 11.1 Å². The van der Waals surface area contributed by atoms with E-state index in [0.29, 0.717) is 0 Å². The second-order valence-electron chi connectivity index (χ2n) is 8.15. The number of fused-ring (bicyclic) bond motifs is 3. The summed E-state index contributed by atoms with van der Waals surface area (Å²) >= 11 is 0. The molecular formula is C26H21F3NO4-. The van der Waals surface area contributed by atoms with Gasteiger partial charge in [0.25, 0.3) is 0 Å². The lowest BCUT2D eigenvalue weighted by molar-refractivity contribution is -0.306. The molecule has 1 atom stereocenters. The fourth-order valence-electron chi connectivity index (χ4n) is 4.34. The quantitative estimate of drug-likeness (QED) is 0.561. The van der Waals surface area contributed by atoms with Crippen molar-refractivity contribution in [3.05, 3.63) is 95.1 Å². The van der Waals surface area contributed by atoms with Crippen molar-refractivity contribution in [1.82, 2.24) is 5.32 Å². The topological polar surface area (TPSA) is 78.5 Å². The van der Waals surface area contributed by atoms with Gasteiger partial charge in [-0.15, -0.1) is 0 Å². The van der Waals surface area contributed by atoms with Gasteiger partial charge in [0.05, 0.1) is 5.56 Å². The second-order valence-corrected chi connectivity index (χ2v) is 8.15. The van der Waals surface area contributed by atoms with Gasteiger partial charge in [-0.05, 0) is 40.3 Å². The third-order valence-corrected chi connectivity index (χ3v) is 5.82. The van der Waals surface area contributed by atoms with E-state index in [0.717, 1.165) is 34.4 Å². The molecule has 0 spiro atoms. The molecule has 0 fully saturated rings. The molecule has 0 saturated carbocycles. The first-order valence-corrected chi connectivity index (χ1v) is 10.7. The lowest BCUT2D eigenvalue weighted by Crippen LogP contribution is -2.41. The SMILES string of the molecule is O=C([O-])C[C@@H](Cc1cccc(C(F)(F)F)c1)NC(=O)OCC1c2ccccc2-c2ccccc21. The minimum Gasteiger partial charge on any atom is -0.550 e. The van der Waals surface area contributed by atoms with Crippen molar-refractivity contribution in [2.24, 2.45) is 0 Å². The zero-order valence-corrected chi connectivity index (χ0v) is 18.0. The number of alkyl halides is 3. The van der Waals surface area contributed by atoms with Gasteiger partial charge in [-0.1, -0.05) is 66.7 Å². The molecule has 0 radical (unpaired) electrons. The van der Waals surface area contributed by atoms with Gasteiger partial charge in [0, 0.05) is 24.3 Å². The first kappa shape index (κ1) is 23.4. The Balaban J connectivity index is 1.44. The number of benzene rings is 3. The number of hydrogen-bond acceptors (Lipinski definition) is 4. The summed E-state index contributed by atoms with van der Waals surface area (Å²) < 4.78 is 44.4. The number of amides is 1. The Morgan fingerprint density at radius 3 is 2.15 bits per heavy atom. The zero-order valence-electron chi connectivity index (χ0n) is 18.0. The van der Waals surface area contributed by atoms with Crippen LogP contribution in [0.3, 0.4) is 0 Å². The Morgan fingerprint density at radius 1 is 0.941 bits per heavy atom. The molecule has 0 aromatic heterocycles. The maximum atomic E-state index is 13.0. The van der Waals surface area contributed by atoms with Crippen LogP contribution in [0.5, 0.6) is 0 Å². The maximum absolute atomic E-state index is 13.0. The third kappa shape index (κ3) is 5.22. The van der Waals surface area contributed by atoms with E-state index in [2.05, 4.69) is 5.32 Å². The first-order valence-electron chi connectivity index (χ1n) is 10.7. The Labute approximate surface area is 194 Å². The number of carboxylic acids is 1. The number of hydrogen-bond donors (Lipinski definition) is 1. The molecule has 1 aliphatic carbocycles. The molecule has 0 unspecified atom stereocenters. The highest BCUT2D eigenvalue weighted by molar-refractivity contribution is 5.79. The molecule has 1 N–H and O–H groups in total. The average Bonchev–Trinajstić information content (AvgIpc) is 3.11. The number of alkyl carbamates (subject to hydrolysis) is 1. The average molecular weight is 468 g/mol. The van der Waals surface area contributed by atoms with Crippen LogP contribution in [0.4, 0.5) is 18.0 Å². The van der Waals surface area contributed by atoms with Crippen molar-refractivity contribution in [3.8, 4) is 11.1 Å². The largest absolute Gasteiger partial charge is 0.550 e. The second kappa shape index (κ2) is 9.59. The van der Waals surface area contributed by atoms with Crippen LogP contribution < -0.4 is 10.4 Å². The van der Waals surface area contributed by atoms with Crippen LogP contribution in [-0.4, -0.2) is 24.7 Å². The molecule has 34 heavy (non-hydrogen) atoms. The summed E-state index contributed by atoms with van der Waals surface area (Å²) in [7, 11) is 0. The first-order chi connectivity index (χ1) is 16.2. The summed E-state index contributed by atoms with van der Waals surface area (Å²) in [6, 6.07) is 19.2. The standard InChI is InChI=1S/C26H22F3NO4/c27-26(28,29)17-7-5-6-16(12-17)13-18(14-24(31)32)30-25(33)34-15-23-21-10-3-1-8-19(21)20-9-2-4-11-22(20)23/h1-12,18,23H,13-15H2,(H,30,33)(H,31,32)/p-1/t18-/m1/s1. The third-order valence-electron chi connectivity index (χ3n) is 5.82. The van der Waals surface area contributed by atoms with E-state index in [4.69, 9.17) is 4.74 Å². The van der Waals surface area contributed by atoms with E-state index in [9.17, 15) is 27.9 Å². The highest BCUT2D eigenvalue weighted by Crippen LogP contribution is 2.44. The highest BCUT2D eigenvalue weighted by atomic mass is 19.4. The summed E-state index contributed by atoms with van der Waals surface area (Å²) in [5, 5.41) is 13.6. The predicted molar refractivity (Wildman–Crippen MR) is 117 cm³/mol. The van der Waals surface area contributed by atoms with E-state index in [1.165, 1.54) is 12.1 Å². The van der Waals surface area contributed by atoms with E-state index in [1.54, 1.807) is 0 Å². The van der Waals surface area contributed by atoms with Crippen molar-refractivity contribution in [2.45, 2.75) is 31.0 Å². The summed E-state index contributed by atoms with van der Waals surface area (Å²) in [5.74, 6) is -1.61. The number of carbonyl (C=O) groups excluding carboxylic acids is 2. The predicted octanol–water partition coefficient (Wildman–Crippen LogP) is 4.30. The number of aliphatic carboxylic acids is 1. The molecule has 0 saturated heterocycles. The van der Waals surface area contributed by atoms with Gasteiger partial charge in [0.1, 0.15) is 6.61 Å². The minimum absolute atomic E-state index is 0.0292. The Bertz CT molecular complexity index is 1160. The Kier molecular flexibility index (Phi) is 6.58. The van der Waals surface area contributed by atoms with Gasteiger partial charge in [0.15, 0.2) is 0 Å². The van der Waals surface area contributed by atoms with Gasteiger partial charge < -0.3 is 20.0 Å². The molecule has 1 amide bonds. The minimum atomic E-state index is -4.53. The Morgan fingerprint density at radius 2 is 1.56 bits per heavy atom. The molecule has 0 bridgehead atoms. The van der Waals surface area contributed by atoms with Crippen LogP contribution in [0.15, 0.2) is 72.8 Å². The van der Waals surface area contributed by atoms with Crippen LogP contribution in [-0.2, 0) is 22.1 Å². The number of ether oxygens (including phenoxy) is 1. The molecule has 1 aliphatic rings. The van der Waals surface area contributed by atoms with E-state index in [1.807, 2.05) is 48.5 Å². The van der Waals surface area contributed by atoms with Gasteiger partial charge in [-0.25, -0.2) is 4.79 Å². The highest BCUT2D eigenvalue weighted by Gasteiger charge is 2.31. The number of halogens is 3. The monoisotopic (exact) mass is 468 g/mol. The van der Waals surface area contributed by atoms with Crippen molar-refractivity contribution in [3.63, 3.8) is 0 Å². The lowest BCUT2D eigenvalue weighted by atomic mass is 9.98. The molecular weight excluding hydrogens is 447 g/mol. The van der Waals surface area contributed by atoms with Crippen molar-refractivity contribution in [1.29, 1.82) is 0 Å². The van der Waals surface area contributed by atoms with Gasteiger partial charge in [-0.3, -0.25) is 0 Å². The van der Waals surface area contributed by atoms with Crippen LogP contribution in [0.2, 0.25) is 0 Å². The van der Waals surface area contributed by atoms with Crippen LogP contribution >= 0.6 is 0 Å². The molecule has 4 rings (SSSR count). The fourth-order valence-corrected chi connectivity index (χ4v) is 4.34. The zero-order chi connectivity index (χ0) is 24.3. The van der Waals surface area contributed by atoms with Crippen molar-refractivity contribution >= 4 is 12.1 Å². The molecule has 0 aliphatic heterocycles. The summed E-state index contributed by atoms with van der Waals surface area (Å²) in [6.45, 7) is 0.0292. The number of carboxylic acid groups (broad SMARTS) is 1. The van der Waals surface area contributed by atoms with E-state index >= 15 is 0 Å². The van der Waals surface area contributed by atoms with Crippen LogP contribution in [0, 0.1) is 0 Å². The maximum Gasteiger partial charge on any atom is 0.416 e. The summed E-state index contributed by atoms with van der Waals surface area (Å²) in [4.78, 5) is 23.7. The van der Waals surface area contributed by atoms with Crippen molar-refractivity contribution in [2.75, 3.05) is 6.61 Å². The van der Waals surface area contributed by atoms with Gasteiger partial charge >= 0.3 is 12.3 Å². The lowest BCUT2D eigenvalue weighted by Gasteiger charge is -2.21. The fraction of sp³-hybridized carbons (Fsp3) is 0.231. The molecule has 3 aromatic carbocycles. The number of nitrogens with one attached hydrogen (secondary N) is 1.